The molecule has 23 heavy (non-hydrogen) atoms. The first-order chi connectivity index (χ1) is 11.0. The quantitative estimate of drug-likeness (QED) is 0.723. The van der Waals surface area contributed by atoms with Gasteiger partial charge in [0, 0.05) is 10.5 Å². The lowest BCUT2D eigenvalue weighted by Gasteiger charge is -2.12. The summed E-state index contributed by atoms with van der Waals surface area (Å²) in [6.45, 7) is -0.116. The zero-order valence-corrected chi connectivity index (χ0v) is 15.7. The fourth-order valence-corrected chi connectivity index (χ4v) is 2.99. The normalized spacial score (nSPS) is 10.1. The van der Waals surface area contributed by atoms with Crippen molar-refractivity contribution in [2.45, 2.75) is 0 Å². The van der Waals surface area contributed by atoms with E-state index in [9.17, 15) is 4.79 Å². The molecule has 0 saturated heterocycles. The Morgan fingerprint density at radius 2 is 1.83 bits per heavy atom. The molecule has 7 heteroatoms. The molecule has 0 aliphatic carbocycles. The van der Waals surface area contributed by atoms with Gasteiger partial charge in [-0.3, -0.25) is 4.79 Å². The van der Waals surface area contributed by atoms with Crippen molar-refractivity contribution in [1.29, 1.82) is 0 Å². The van der Waals surface area contributed by atoms with E-state index in [0.717, 1.165) is 8.95 Å². The summed E-state index contributed by atoms with van der Waals surface area (Å²) in [6.07, 6.45) is 0. The predicted molar refractivity (Wildman–Crippen MR) is 95.5 cm³/mol. The molecule has 5 nitrogen and oxygen atoms in total. The first-order valence-electron chi connectivity index (χ1n) is 6.63. The largest absolute Gasteiger partial charge is 0.497 e. The highest BCUT2D eigenvalue weighted by molar-refractivity contribution is 9.11. The Bertz CT molecular complexity index is 706. The molecule has 1 amide bonds. The number of methoxy groups -OCH3 is 2. The van der Waals surface area contributed by atoms with E-state index in [-0.39, 0.29) is 12.5 Å². The van der Waals surface area contributed by atoms with Crippen molar-refractivity contribution in [2.75, 3.05) is 26.1 Å². The highest BCUT2D eigenvalue weighted by atomic mass is 79.9. The Morgan fingerprint density at radius 1 is 1.04 bits per heavy atom. The number of ether oxygens (including phenoxy) is 3. The zero-order valence-electron chi connectivity index (χ0n) is 12.6. The number of carbonyl (C=O) groups excluding carboxylic acids is 1. The van der Waals surface area contributed by atoms with Crippen LogP contribution in [-0.4, -0.2) is 26.7 Å². The standard InChI is InChI=1S/C16H15Br2NO4/c1-21-11-4-5-13(15(8-11)22-2)19-16(20)9-23-14-6-3-10(17)7-12(14)18/h3-8H,9H2,1-2H3,(H,19,20). The molecular formula is C16H15Br2NO4. The summed E-state index contributed by atoms with van der Waals surface area (Å²) < 4.78 is 17.5. The number of amides is 1. The van der Waals surface area contributed by atoms with Crippen LogP contribution >= 0.6 is 31.9 Å². The number of hydrogen-bond donors (Lipinski definition) is 1. The van der Waals surface area contributed by atoms with Crippen molar-refractivity contribution in [3.05, 3.63) is 45.3 Å². The van der Waals surface area contributed by atoms with Crippen LogP contribution in [0.1, 0.15) is 0 Å². The molecule has 0 atom stereocenters. The van der Waals surface area contributed by atoms with Gasteiger partial charge in [-0.05, 0) is 46.3 Å². The Morgan fingerprint density at radius 3 is 2.48 bits per heavy atom. The topological polar surface area (TPSA) is 56.8 Å². The van der Waals surface area contributed by atoms with Crippen molar-refractivity contribution in [3.63, 3.8) is 0 Å². The SMILES string of the molecule is COc1ccc(NC(=O)COc2ccc(Br)cc2Br)c(OC)c1. The summed E-state index contributed by atoms with van der Waals surface area (Å²) >= 11 is 6.74. The molecule has 0 radical (unpaired) electrons. The smallest absolute Gasteiger partial charge is 0.262 e. The summed E-state index contributed by atoms with van der Waals surface area (Å²) in [5.74, 6) is 1.46. The third-order valence-electron chi connectivity index (χ3n) is 2.94. The van der Waals surface area contributed by atoms with Gasteiger partial charge in [-0.25, -0.2) is 0 Å². The molecule has 0 bridgehead atoms. The lowest BCUT2D eigenvalue weighted by atomic mass is 10.2. The van der Waals surface area contributed by atoms with Crippen LogP contribution in [0.25, 0.3) is 0 Å². The molecule has 0 fully saturated rings. The molecule has 1 N–H and O–H groups in total. The maximum Gasteiger partial charge on any atom is 0.262 e. The molecule has 122 valence electrons. The van der Waals surface area contributed by atoms with Gasteiger partial charge in [0.2, 0.25) is 0 Å². The first kappa shape index (κ1) is 17.6. The summed E-state index contributed by atoms with van der Waals surface area (Å²) in [5, 5.41) is 2.74. The monoisotopic (exact) mass is 443 g/mol. The third-order valence-corrected chi connectivity index (χ3v) is 4.05. The molecule has 0 aromatic heterocycles. The summed E-state index contributed by atoms with van der Waals surface area (Å²) in [4.78, 5) is 12.0. The second-order valence-electron chi connectivity index (χ2n) is 4.48. The molecule has 2 aromatic rings. The first-order valence-corrected chi connectivity index (χ1v) is 8.22. The van der Waals surface area contributed by atoms with E-state index >= 15 is 0 Å². The Kier molecular flexibility index (Phi) is 6.29. The maximum absolute atomic E-state index is 12.0. The van der Waals surface area contributed by atoms with Gasteiger partial charge in [-0.15, -0.1) is 0 Å². The van der Waals surface area contributed by atoms with Gasteiger partial charge < -0.3 is 19.5 Å². The number of carbonyl (C=O) groups is 1. The number of nitrogens with one attached hydrogen (secondary N) is 1. The van der Waals surface area contributed by atoms with E-state index in [0.29, 0.717) is 22.9 Å². The van der Waals surface area contributed by atoms with E-state index in [1.807, 2.05) is 12.1 Å². The summed E-state index contributed by atoms with van der Waals surface area (Å²) in [5.41, 5.74) is 0.553. The second-order valence-corrected chi connectivity index (χ2v) is 6.25. The van der Waals surface area contributed by atoms with E-state index in [2.05, 4.69) is 37.2 Å². The number of benzene rings is 2. The predicted octanol–water partition coefficient (Wildman–Crippen LogP) is 4.25. The Hall–Kier alpha value is -1.73. The van der Waals surface area contributed by atoms with Gasteiger partial charge >= 0.3 is 0 Å². The van der Waals surface area contributed by atoms with Gasteiger partial charge in [0.15, 0.2) is 6.61 Å². The molecule has 2 aromatic carbocycles. The number of halogens is 2. The molecule has 0 heterocycles. The average Bonchev–Trinajstić information content (AvgIpc) is 2.54. The van der Waals surface area contributed by atoms with Gasteiger partial charge in [0.05, 0.1) is 24.4 Å². The average molecular weight is 445 g/mol. The van der Waals surface area contributed by atoms with Crippen molar-refractivity contribution >= 4 is 43.5 Å². The maximum atomic E-state index is 12.0. The van der Waals surface area contributed by atoms with Crippen LogP contribution in [0, 0.1) is 0 Å². The zero-order chi connectivity index (χ0) is 16.8. The molecule has 0 aliphatic rings. The number of anilines is 1. The van der Waals surface area contributed by atoms with Gasteiger partial charge in [0.25, 0.3) is 5.91 Å². The van der Waals surface area contributed by atoms with Gasteiger partial charge in [0.1, 0.15) is 17.2 Å². The summed E-state index contributed by atoms with van der Waals surface area (Å²) in [7, 11) is 3.09. The molecular weight excluding hydrogens is 430 g/mol. The lowest BCUT2D eigenvalue weighted by molar-refractivity contribution is -0.118. The minimum absolute atomic E-state index is 0.116. The van der Waals surface area contributed by atoms with E-state index in [1.54, 1.807) is 31.4 Å². The van der Waals surface area contributed by atoms with E-state index < -0.39 is 0 Å². The minimum atomic E-state index is -0.289. The van der Waals surface area contributed by atoms with Crippen LogP contribution in [0.2, 0.25) is 0 Å². The number of rotatable bonds is 6. The fourth-order valence-electron chi connectivity index (χ4n) is 1.82. The van der Waals surface area contributed by atoms with Crippen LogP contribution in [0.4, 0.5) is 5.69 Å². The van der Waals surface area contributed by atoms with Gasteiger partial charge in [-0.1, -0.05) is 15.9 Å². The number of hydrogen-bond acceptors (Lipinski definition) is 4. The van der Waals surface area contributed by atoms with Crippen LogP contribution in [0.5, 0.6) is 17.2 Å². The molecule has 0 aliphatic heterocycles. The van der Waals surface area contributed by atoms with Crippen molar-refractivity contribution < 1.29 is 19.0 Å². The Balaban J connectivity index is 1.99. The third kappa shape index (κ3) is 4.87. The second kappa shape index (κ2) is 8.21. The van der Waals surface area contributed by atoms with Crippen molar-refractivity contribution in [3.8, 4) is 17.2 Å². The van der Waals surface area contributed by atoms with Crippen LogP contribution in [-0.2, 0) is 4.79 Å². The molecule has 0 unspecified atom stereocenters. The molecule has 2 rings (SSSR count). The molecule has 0 spiro atoms. The van der Waals surface area contributed by atoms with E-state index in [1.165, 1.54) is 7.11 Å². The van der Waals surface area contributed by atoms with Crippen LogP contribution < -0.4 is 19.5 Å². The Labute approximate surface area is 151 Å². The molecule has 0 saturated carbocycles. The lowest BCUT2D eigenvalue weighted by Crippen LogP contribution is -2.20. The fraction of sp³-hybridized carbons (Fsp3) is 0.188. The van der Waals surface area contributed by atoms with Crippen LogP contribution in [0.3, 0.4) is 0 Å². The van der Waals surface area contributed by atoms with Crippen LogP contribution in [0.15, 0.2) is 45.3 Å². The van der Waals surface area contributed by atoms with Crippen molar-refractivity contribution in [2.24, 2.45) is 0 Å². The van der Waals surface area contributed by atoms with Crippen molar-refractivity contribution in [1.82, 2.24) is 0 Å². The van der Waals surface area contributed by atoms with E-state index in [4.69, 9.17) is 14.2 Å². The highest BCUT2D eigenvalue weighted by Crippen LogP contribution is 2.30. The van der Waals surface area contributed by atoms with Gasteiger partial charge in [-0.2, -0.15) is 0 Å². The highest BCUT2D eigenvalue weighted by Gasteiger charge is 2.10. The minimum Gasteiger partial charge on any atom is -0.497 e. The summed E-state index contributed by atoms with van der Waals surface area (Å²) in [6, 6.07) is 10.6.